The molecule has 3 aromatic rings. The van der Waals surface area contributed by atoms with Crippen molar-refractivity contribution in [3.05, 3.63) is 83.8 Å². The molecule has 1 atom stereocenters. The second-order valence-corrected chi connectivity index (χ2v) is 6.19. The second-order valence-electron chi connectivity index (χ2n) is 6.19. The van der Waals surface area contributed by atoms with Crippen molar-refractivity contribution in [3.8, 4) is 5.75 Å². The molecule has 6 heteroatoms. The van der Waals surface area contributed by atoms with Gasteiger partial charge in [0.2, 0.25) is 5.78 Å². The molecule has 2 aromatic carbocycles. The number of anilines is 1. The Morgan fingerprint density at radius 2 is 1.79 bits per heavy atom. The average molecular weight is 378 g/mol. The normalized spacial score (nSPS) is 11.5. The van der Waals surface area contributed by atoms with E-state index in [2.05, 4.69) is 10.6 Å². The molecule has 0 aliphatic carbocycles. The van der Waals surface area contributed by atoms with Crippen LogP contribution < -0.4 is 15.4 Å². The van der Waals surface area contributed by atoms with Crippen LogP contribution in [-0.2, 0) is 0 Å². The molecule has 0 unspecified atom stereocenters. The molecule has 1 aromatic heterocycles. The number of Topliss-reactive ketones (excluding diaryl/α,β-unsaturated/α-hetero) is 1. The number of benzene rings is 2. The van der Waals surface area contributed by atoms with Crippen molar-refractivity contribution in [2.75, 3.05) is 11.9 Å². The molecule has 1 amide bonds. The van der Waals surface area contributed by atoms with Gasteiger partial charge in [0.05, 0.1) is 18.6 Å². The maximum absolute atomic E-state index is 13.1. The average Bonchev–Trinajstić information content (AvgIpc) is 3.24. The highest BCUT2D eigenvalue weighted by Gasteiger charge is 2.24. The van der Waals surface area contributed by atoms with Gasteiger partial charge in [-0.25, -0.2) is 0 Å². The largest absolute Gasteiger partial charge is 0.492 e. The molecule has 6 nitrogen and oxygen atoms in total. The number of hydrogen-bond acceptors (Lipinski definition) is 5. The Morgan fingerprint density at radius 3 is 2.46 bits per heavy atom. The highest BCUT2D eigenvalue weighted by atomic mass is 16.5. The van der Waals surface area contributed by atoms with Crippen LogP contribution in [0.15, 0.2) is 71.3 Å². The smallest absolute Gasteiger partial charge is 0.288 e. The number of ether oxygens (including phenoxy) is 1. The van der Waals surface area contributed by atoms with Gasteiger partial charge in [0.15, 0.2) is 11.9 Å². The minimum atomic E-state index is -0.998. The van der Waals surface area contributed by atoms with Crippen LogP contribution in [-0.4, -0.2) is 24.5 Å². The van der Waals surface area contributed by atoms with Gasteiger partial charge in [0.25, 0.3) is 5.91 Å². The first kappa shape index (κ1) is 19.2. The summed E-state index contributed by atoms with van der Waals surface area (Å²) in [6.07, 6.45) is 0.408. The predicted molar refractivity (Wildman–Crippen MR) is 107 cm³/mol. The summed E-state index contributed by atoms with van der Waals surface area (Å²) in [4.78, 5) is 25.6. The van der Waals surface area contributed by atoms with Crippen molar-refractivity contribution in [1.29, 1.82) is 0 Å². The molecule has 0 fully saturated rings. The fourth-order valence-corrected chi connectivity index (χ4v) is 2.68. The van der Waals surface area contributed by atoms with Gasteiger partial charge in [0, 0.05) is 5.56 Å². The van der Waals surface area contributed by atoms with Gasteiger partial charge in [0.1, 0.15) is 5.75 Å². The molecule has 28 heavy (non-hydrogen) atoms. The summed E-state index contributed by atoms with van der Waals surface area (Å²) in [5.41, 5.74) is 2.13. The molecule has 1 heterocycles. The zero-order chi connectivity index (χ0) is 19.9. The minimum Gasteiger partial charge on any atom is -0.492 e. The molecular formula is C22H22N2O4. The molecule has 0 aliphatic heterocycles. The molecule has 0 saturated carbocycles. The number of para-hydroxylation sites is 2. The molecule has 0 saturated heterocycles. The van der Waals surface area contributed by atoms with Crippen LogP contribution in [0.3, 0.4) is 0 Å². The Hall–Kier alpha value is -3.54. The maximum Gasteiger partial charge on any atom is 0.288 e. The standard InChI is InChI=1S/C22H22N2O4/c1-3-27-18-8-5-4-7-17(18)23-21(24-22(26)19-9-6-14-28-19)20(25)16-12-10-15(2)11-13-16/h4-14,21,23H,3H2,1-2H3,(H,24,26)/t21-/m0/s1. The third-order valence-corrected chi connectivity index (χ3v) is 4.11. The monoisotopic (exact) mass is 378 g/mol. The fourth-order valence-electron chi connectivity index (χ4n) is 2.68. The first-order valence-corrected chi connectivity index (χ1v) is 9.02. The van der Waals surface area contributed by atoms with Crippen LogP contribution >= 0.6 is 0 Å². The zero-order valence-corrected chi connectivity index (χ0v) is 15.8. The van der Waals surface area contributed by atoms with E-state index in [-0.39, 0.29) is 11.5 Å². The van der Waals surface area contributed by atoms with Gasteiger partial charge < -0.3 is 19.8 Å². The number of carbonyl (C=O) groups is 2. The minimum absolute atomic E-state index is 0.126. The van der Waals surface area contributed by atoms with E-state index in [9.17, 15) is 9.59 Å². The van der Waals surface area contributed by atoms with Crippen molar-refractivity contribution in [2.45, 2.75) is 20.0 Å². The second kappa shape index (κ2) is 8.90. The number of rotatable bonds is 8. The van der Waals surface area contributed by atoms with Crippen molar-refractivity contribution < 1.29 is 18.7 Å². The lowest BCUT2D eigenvalue weighted by molar-refractivity contribution is 0.0852. The van der Waals surface area contributed by atoms with Crippen molar-refractivity contribution in [3.63, 3.8) is 0 Å². The number of amides is 1. The van der Waals surface area contributed by atoms with E-state index in [1.807, 2.05) is 38.1 Å². The summed E-state index contributed by atoms with van der Waals surface area (Å²) in [5.74, 6) is -0.0383. The summed E-state index contributed by atoms with van der Waals surface area (Å²) in [6.45, 7) is 4.30. The first-order chi connectivity index (χ1) is 13.6. The summed E-state index contributed by atoms with van der Waals surface area (Å²) in [7, 11) is 0. The van der Waals surface area contributed by atoms with E-state index in [1.165, 1.54) is 12.3 Å². The molecule has 144 valence electrons. The predicted octanol–water partition coefficient (Wildman–Crippen LogP) is 4.04. The van der Waals surface area contributed by atoms with Gasteiger partial charge in [-0.15, -0.1) is 0 Å². The summed E-state index contributed by atoms with van der Waals surface area (Å²) >= 11 is 0. The molecule has 0 radical (unpaired) electrons. The van der Waals surface area contributed by atoms with Gasteiger partial charge >= 0.3 is 0 Å². The van der Waals surface area contributed by atoms with Gasteiger partial charge in [-0.1, -0.05) is 42.0 Å². The van der Waals surface area contributed by atoms with Gasteiger partial charge in [-0.3, -0.25) is 9.59 Å². The Balaban J connectivity index is 1.88. The Morgan fingerprint density at radius 1 is 1.04 bits per heavy atom. The van der Waals surface area contributed by atoms with Gasteiger partial charge in [-0.2, -0.15) is 0 Å². The number of aryl methyl sites for hydroxylation is 1. The third-order valence-electron chi connectivity index (χ3n) is 4.11. The molecule has 0 aliphatic rings. The molecule has 0 spiro atoms. The van der Waals surface area contributed by atoms with Crippen LogP contribution in [0.25, 0.3) is 0 Å². The lowest BCUT2D eigenvalue weighted by Crippen LogP contribution is -2.46. The highest BCUT2D eigenvalue weighted by Crippen LogP contribution is 2.25. The number of hydrogen-bond donors (Lipinski definition) is 2. The van der Waals surface area contributed by atoms with Gasteiger partial charge in [-0.05, 0) is 38.1 Å². The Labute approximate surface area is 163 Å². The van der Waals surface area contributed by atoms with Crippen LogP contribution in [0.4, 0.5) is 5.69 Å². The zero-order valence-electron chi connectivity index (χ0n) is 15.8. The molecule has 3 rings (SSSR count). The van der Waals surface area contributed by atoms with E-state index < -0.39 is 12.1 Å². The topological polar surface area (TPSA) is 80.6 Å². The van der Waals surface area contributed by atoms with E-state index in [4.69, 9.17) is 9.15 Å². The van der Waals surface area contributed by atoms with Crippen molar-refractivity contribution >= 4 is 17.4 Å². The van der Waals surface area contributed by atoms with E-state index in [0.717, 1.165) is 5.56 Å². The molecular weight excluding hydrogens is 356 g/mol. The lowest BCUT2D eigenvalue weighted by atomic mass is 10.1. The van der Waals surface area contributed by atoms with Crippen LogP contribution in [0.2, 0.25) is 0 Å². The quantitative estimate of drug-likeness (QED) is 0.457. The molecule has 2 N–H and O–H groups in total. The van der Waals surface area contributed by atoms with Crippen molar-refractivity contribution in [1.82, 2.24) is 5.32 Å². The fraction of sp³-hybridized carbons (Fsp3) is 0.182. The first-order valence-electron chi connectivity index (χ1n) is 9.02. The number of nitrogens with one attached hydrogen (secondary N) is 2. The number of carbonyl (C=O) groups excluding carboxylic acids is 2. The van der Waals surface area contributed by atoms with Crippen LogP contribution in [0.5, 0.6) is 5.75 Å². The van der Waals surface area contributed by atoms with E-state index in [1.54, 1.807) is 30.3 Å². The SMILES string of the molecule is CCOc1ccccc1N[C@@H](NC(=O)c1ccco1)C(=O)c1ccc(C)cc1. The Kier molecular flexibility index (Phi) is 6.11. The van der Waals surface area contributed by atoms with Crippen LogP contribution in [0.1, 0.15) is 33.4 Å². The van der Waals surface area contributed by atoms with E-state index in [0.29, 0.717) is 23.6 Å². The third kappa shape index (κ3) is 4.59. The maximum atomic E-state index is 13.1. The Bertz CT molecular complexity index is 933. The number of furan rings is 1. The lowest BCUT2D eigenvalue weighted by Gasteiger charge is -2.21. The van der Waals surface area contributed by atoms with Crippen molar-refractivity contribution in [2.24, 2.45) is 0 Å². The summed E-state index contributed by atoms with van der Waals surface area (Å²) < 4.78 is 10.7. The molecule has 0 bridgehead atoms. The number of ketones is 1. The van der Waals surface area contributed by atoms with E-state index >= 15 is 0 Å². The highest BCUT2D eigenvalue weighted by molar-refractivity contribution is 6.05. The summed E-state index contributed by atoms with van der Waals surface area (Å²) in [6, 6.07) is 17.6. The summed E-state index contributed by atoms with van der Waals surface area (Å²) in [5, 5.41) is 5.79. The van der Waals surface area contributed by atoms with Crippen LogP contribution in [0, 0.1) is 6.92 Å².